The third kappa shape index (κ3) is 2.73. The van der Waals surface area contributed by atoms with E-state index in [0.29, 0.717) is 12.5 Å². The Hall–Kier alpha value is -0.0800. The molecule has 0 bridgehead atoms. The molecule has 2 heteroatoms. The van der Waals surface area contributed by atoms with E-state index in [1.807, 2.05) is 7.11 Å². The Bertz CT molecular complexity index is 193. The first-order valence-corrected chi connectivity index (χ1v) is 6.43. The van der Waals surface area contributed by atoms with Gasteiger partial charge in [-0.1, -0.05) is 0 Å². The number of hydrogen-bond donors (Lipinski definition) is 1. The average molecular weight is 212 g/mol. The highest BCUT2D eigenvalue weighted by Crippen LogP contribution is 2.44. The Morgan fingerprint density at radius 3 is 2.20 bits per heavy atom. The van der Waals surface area contributed by atoms with Crippen LogP contribution in [0, 0.1) is 23.7 Å². The zero-order chi connectivity index (χ0) is 10.7. The summed E-state index contributed by atoms with van der Waals surface area (Å²) in [5, 5.41) is 9.20. The van der Waals surface area contributed by atoms with Crippen molar-refractivity contribution in [3.8, 4) is 0 Å². The first kappa shape index (κ1) is 11.4. The summed E-state index contributed by atoms with van der Waals surface area (Å²) in [6.45, 7) is 1.36. The summed E-state index contributed by atoms with van der Waals surface area (Å²) in [5.74, 6) is 3.25. The first-order chi connectivity index (χ1) is 7.33. The Kier molecular flexibility index (Phi) is 4.04. The quantitative estimate of drug-likeness (QED) is 0.778. The molecule has 15 heavy (non-hydrogen) atoms. The second-order valence-electron chi connectivity index (χ2n) is 5.52. The minimum Gasteiger partial charge on any atom is -0.396 e. The maximum absolute atomic E-state index is 9.20. The van der Waals surface area contributed by atoms with Crippen LogP contribution in [0.25, 0.3) is 0 Å². The number of aliphatic hydroxyl groups is 1. The molecule has 0 aliphatic heterocycles. The third-order valence-corrected chi connectivity index (χ3v) is 4.49. The molecule has 2 saturated carbocycles. The topological polar surface area (TPSA) is 29.5 Å². The number of fused-ring (bicyclic) bond motifs is 1. The molecule has 0 heterocycles. The summed E-state index contributed by atoms with van der Waals surface area (Å²) in [7, 11) is 1.81. The number of aliphatic hydroxyl groups excluding tert-OH is 1. The lowest BCUT2D eigenvalue weighted by Gasteiger charge is -2.41. The predicted octanol–water partition coefficient (Wildman–Crippen LogP) is 2.46. The summed E-state index contributed by atoms with van der Waals surface area (Å²) in [6.07, 6.45) is 7.95. The average Bonchev–Trinajstić information content (AvgIpc) is 2.29. The molecule has 88 valence electrons. The molecule has 2 fully saturated rings. The van der Waals surface area contributed by atoms with Crippen LogP contribution in [0.2, 0.25) is 0 Å². The first-order valence-electron chi connectivity index (χ1n) is 6.43. The van der Waals surface area contributed by atoms with Gasteiger partial charge in [0.1, 0.15) is 0 Å². The SMILES string of the molecule is COCC1CCC2CC(CO)CCC2C1. The summed E-state index contributed by atoms with van der Waals surface area (Å²) in [5.41, 5.74) is 0. The summed E-state index contributed by atoms with van der Waals surface area (Å²) in [6, 6.07) is 0. The highest BCUT2D eigenvalue weighted by molar-refractivity contribution is 4.85. The zero-order valence-corrected chi connectivity index (χ0v) is 9.82. The Morgan fingerprint density at radius 2 is 1.60 bits per heavy atom. The Labute approximate surface area is 93.0 Å². The Balaban J connectivity index is 1.83. The van der Waals surface area contributed by atoms with Crippen LogP contribution >= 0.6 is 0 Å². The minimum atomic E-state index is 0.407. The number of hydrogen-bond acceptors (Lipinski definition) is 2. The van der Waals surface area contributed by atoms with Crippen molar-refractivity contribution in [3.63, 3.8) is 0 Å². The lowest BCUT2D eigenvalue weighted by Crippen LogP contribution is -2.33. The highest BCUT2D eigenvalue weighted by atomic mass is 16.5. The molecular weight excluding hydrogens is 188 g/mol. The van der Waals surface area contributed by atoms with Crippen molar-refractivity contribution in [2.24, 2.45) is 23.7 Å². The van der Waals surface area contributed by atoms with Gasteiger partial charge in [-0.05, 0) is 62.2 Å². The fourth-order valence-electron chi connectivity index (χ4n) is 3.64. The van der Waals surface area contributed by atoms with E-state index in [9.17, 15) is 5.11 Å². The molecule has 2 aliphatic carbocycles. The molecule has 0 aromatic rings. The molecule has 1 N–H and O–H groups in total. The van der Waals surface area contributed by atoms with E-state index in [2.05, 4.69) is 0 Å². The molecule has 0 radical (unpaired) electrons. The van der Waals surface area contributed by atoms with Crippen molar-refractivity contribution in [2.45, 2.75) is 38.5 Å². The fourth-order valence-corrected chi connectivity index (χ4v) is 3.64. The van der Waals surface area contributed by atoms with Gasteiger partial charge in [0.2, 0.25) is 0 Å². The van der Waals surface area contributed by atoms with Gasteiger partial charge >= 0.3 is 0 Å². The summed E-state index contributed by atoms with van der Waals surface area (Å²) < 4.78 is 5.26. The van der Waals surface area contributed by atoms with Gasteiger partial charge in [-0.25, -0.2) is 0 Å². The van der Waals surface area contributed by atoms with Crippen LogP contribution in [0.5, 0.6) is 0 Å². The van der Waals surface area contributed by atoms with E-state index in [1.165, 1.54) is 38.5 Å². The summed E-state index contributed by atoms with van der Waals surface area (Å²) >= 11 is 0. The molecular formula is C13H24O2. The van der Waals surface area contributed by atoms with Gasteiger partial charge in [-0.3, -0.25) is 0 Å². The van der Waals surface area contributed by atoms with Crippen LogP contribution in [-0.2, 0) is 4.74 Å². The predicted molar refractivity (Wildman–Crippen MR) is 60.6 cm³/mol. The zero-order valence-electron chi connectivity index (χ0n) is 9.82. The molecule has 0 spiro atoms. The standard InChI is InChI=1S/C13H24O2/c1-15-9-11-3-5-12-6-10(8-14)2-4-13(12)7-11/h10-14H,2-9H2,1H3. The van der Waals surface area contributed by atoms with Crippen molar-refractivity contribution < 1.29 is 9.84 Å². The highest BCUT2D eigenvalue weighted by Gasteiger charge is 2.35. The lowest BCUT2D eigenvalue weighted by molar-refractivity contribution is 0.0438. The third-order valence-electron chi connectivity index (χ3n) is 4.49. The van der Waals surface area contributed by atoms with E-state index in [-0.39, 0.29) is 0 Å². The van der Waals surface area contributed by atoms with Crippen molar-refractivity contribution in [2.75, 3.05) is 20.3 Å². The molecule has 0 aromatic heterocycles. The normalized spacial score (nSPS) is 41.2. The van der Waals surface area contributed by atoms with Crippen LogP contribution in [0.4, 0.5) is 0 Å². The molecule has 2 rings (SSSR count). The monoisotopic (exact) mass is 212 g/mol. The van der Waals surface area contributed by atoms with Crippen LogP contribution in [0.3, 0.4) is 0 Å². The van der Waals surface area contributed by atoms with Crippen molar-refractivity contribution in [3.05, 3.63) is 0 Å². The molecule has 0 amide bonds. The smallest absolute Gasteiger partial charge is 0.0490 e. The van der Waals surface area contributed by atoms with E-state index in [0.717, 1.165) is 24.4 Å². The van der Waals surface area contributed by atoms with Crippen LogP contribution in [0.15, 0.2) is 0 Å². The van der Waals surface area contributed by atoms with Gasteiger partial charge in [0, 0.05) is 20.3 Å². The van der Waals surface area contributed by atoms with E-state index >= 15 is 0 Å². The Morgan fingerprint density at radius 1 is 1.00 bits per heavy atom. The van der Waals surface area contributed by atoms with E-state index in [4.69, 9.17) is 4.74 Å². The van der Waals surface area contributed by atoms with E-state index in [1.54, 1.807) is 0 Å². The molecule has 4 atom stereocenters. The van der Waals surface area contributed by atoms with Gasteiger partial charge in [0.15, 0.2) is 0 Å². The number of rotatable bonds is 3. The van der Waals surface area contributed by atoms with Crippen molar-refractivity contribution >= 4 is 0 Å². The van der Waals surface area contributed by atoms with Gasteiger partial charge in [-0.15, -0.1) is 0 Å². The fraction of sp³-hybridized carbons (Fsp3) is 1.00. The second-order valence-corrected chi connectivity index (χ2v) is 5.52. The van der Waals surface area contributed by atoms with Crippen molar-refractivity contribution in [1.82, 2.24) is 0 Å². The molecule has 0 aromatic carbocycles. The minimum absolute atomic E-state index is 0.407. The van der Waals surface area contributed by atoms with Crippen LogP contribution in [0.1, 0.15) is 38.5 Å². The van der Waals surface area contributed by atoms with Crippen molar-refractivity contribution in [1.29, 1.82) is 0 Å². The summed E-state index contributed by atoms with van der Waals surface area (Å²) in [4.78, 5) is 0. The molecule has 2 nitrogen and oxygen atoms in total. The van der Waals surface area contributed by atoms with Gasteiger partial charge in [0.05, 0.1) is 0 Å². The van der Waals surface area contributed by atoms with E-state index < -0.39 is 0 Å². The maximum Gasteiger partial charge on any atom is 0.0490 e. The van der Waals surface area contributed by atoms with Gasteiger partial charge in [0.25, 0.3) is 0 Å². The number of methoxy groups -OCH3 is 1. The second kappa shape index (κ2) is 5.31. The molecule has 2 aliphatic rings. The van der Waals surface area contributed by atoms with Gasteiger partial charge < -0.3 is 9.84 Å². The van der Waals surface area contributed by atoms with Gasteiger partial charge in [-0.2, -0.15) is 0 Å². The molecule has 0 saturated heterocycles. The van der Waals surface area contributed by atoms with Crippen LogP contribution in [-0.4, -0.2) is 25.4 Å². The molecule has 4 unspecified atom stereocenters. The number of ether oxygens (including phenoxy) is 1. The largest absolute Gasteiger partial charge is 0.396 e. The maximum atomic E-state index is 9.20. The van der Waals surface area contributed by atoms with Crippen LogP contribution < -0.4 is 0 Å². The lowest BCUT2D eigenvalue weighted by atomic mass is 9.65.